The van der Waals surface area contributed by atoms with E-state index >= 15 is 0 Å². The van der Waals surface area contributed by atoms with E-state index < -0.39 is 45.4 Å². The van der Waals surface area contributed by atoms with Crippen LogP contribution in [0.3, 0.4) is 0 Å². The van der Waals surface area contributed by atoms with E-state index in [2.05, 4.69) is 31.9 Å². The Kier molecular flexibility index (Phi) is 19.4. The lowest BCUT2D eigenvalue weighted by atomic mass is 9.90. The van der Waals surface area contributed by atoms with E-state index in [0.29, 0.717) is 13.2 Å². The average Bonchev–Trinajstić information content (AvgIpc) is 2.80. The molecule has 0 spiro atoms. The molecule has 0 bridgehead atoms. The summed E-state index contributed by atoms with van der Waals surface area (Å²) >= 11 is 6.65. The van der Waals surface area contributed by atoms with Crippen molar-refractivity contribution in [2.75, 3.05) is 26.4 Å². The topological polar surface area (TPSA) is 105 Å². The normalized spacial score (nSPS) is 14.4. The van der Waals surface area contributed by atoms with Gasteiger partial charge in [-0.25, -0.2) is 0 Å². The van der Waals surface area contributed by atoms with Gasteiger partial charge in [-0.15, -0.1) is 0 Å². The van der Waals surface area contributed by atoms with Crippen LogP contribution in [0.4, 0.5) is 0 Å². The maximum absolute atomic E-state index is 12.6. The lowest BCUT2D eigenvalue weighted by Gasteiger charge is -2.22. The van der Waals surface area contributed by atoms with Crippen LogP contribution >= 0.6 is 31.9 Å². The van der Waals surface area contributed by atoms with E-state index in [-0.39, 0.29) is 38.9 Å². The Hall–Kier alpha value is -1.16. The number of esters is 4. The molecule has 8 nitrogen and oxygen atoms in total. The zero-order valence-corrected chi connectivity index (χ0v) is 24.0. The van der Waals surface area contributed by atoms with Gasteiger partial charge in [0.1, 0.15) is 9.65 Å². The summed E-state index contributed by atoms with van der Waals surface area (Å²) in [6.45, 7) is 8.48. The van der Waals surface area contributed by atoms with Crippen LogP contribution < -0.4 is 0 Å². The second kappa shape index (κ2) is 20.1. The molecule has 0 heterocycles. The molecule has 34 heavy (non-hydrogen) atoms. The summed E-state index contributed by atoms with van der Waals surface area (Å²) in [7, 11) is 0. The van der Waals surface area contributed by atoms with Crippen LogP contribution in [0.1, 0.15) is 79.1 Å². The predicted octanol–water partition coefficient (Wildman–Crippen LogP) is 5.12. The third-order valence-corrected chi connectivity index (χ3v) is 6.58. The third kappa shape index (κ3) is 14.3. The smallest absolute Gasteiger partial charge is 0.319 e. The minimum absolute atomic E-state index is 0.177. The van der Waals surface area contributed by atoms with Gasteiger partial charge < -0.3 is 18.9 Å². The molecule has 4 atom stereocenters. The van der Waals surface area contributed by atoms with E-state index in [1.54, 1.807) is 13.8 Å². The number of alkyl halides is 2. The highest BCUT2D eigenvalue weighted by molar-refractivity contribution is 9.10. The van der Waals surface area contributed by atoms with Crippen LogP contribution in [-0.4, -0.2) is 60.0 Å². The van der Waals surface area contributed by atoms with Crippen LogP contribution in [0, 0.1) is 11.8 Å². The Balaban J connectivity index is 5.20. The summed E-state index contributed by atoms with van der Waals surface area (Å²) in [6, 6.07) is 0. The number of rotatable bonds is 19. The average molecular weight is 616 g/mol. The Bertz CT molecular complexity index is 562. The first-order valence-corrected chi connectivity index (χ1v) is 14.0. The van der Waals surface area contributed by atoms with Crippen molar-refractivity contribution in [2.24, 2.45) is 11.8 Å². The second-order valence-electron chi connectivity index (χ2n) is 7.92. The van der Waals surface area contributed by atoms with Crippen molar-refractivity contribution >= 4 is 55.7 Å². The predicted molar refractivity (Wildman–Crippen MR) is 136 cm³/mol. The van der Waals surface area contributed by atoms with Crippen LogP contribution in [0.5, 0.6) is 0 Å². The van der Waals surface area contributed by atoms with Gasteiger partial charge in [0.15, 0.2) is 0 Å². The molecule has 0 aliphatic rings. The second-order valence-corrected chi connectivity index (χ2v) is 10.1. The van der Waals surface area contributed by atoms with E-state index in [9.17, 15) is 19.2 Å². The molecule has 0 N–H and O–H groups in total. The molecule has 0 aliphatic heterocycles. The number of carbonyl (C=O) groups is 4. The van der Waals surface area contributed by atoms with Crippen LogP contribution in [0.2, 0.25) is 0 Å². The fraction of sp³-hybridized carbons (Fsp3) is 0.833. The molecular formula is C24H40Br2O8. The quantitative estimate of drug-likeness (QED) is 0.0853. The van der Waals surface area contributed by atoms with Crippen molar-refractivity contribution in [3.8, 4) is 0 Å². The lowest BCUT2D eigenvalue weighted by Crippen LogP contribution is -2.29. The largest absolute Gasteiger partial charge is 0.466 e. The summed E-state index contributed by atoms with van der Waals surface area (Å²) < 4.78 is 20.8. The molecule has 0 aromatic carbocycles. The van der Waals surface area contributed by atoms with Gasteiger partial charge in [0, 0.05) is 0 Å². The Morgan fingerprint density at radius 2 is 0.941 bits per heavy atom. The van der Waals surface area contributed by atoms with Crippen molar-refractivity contribution in [3.05, 3.63) is 0 Å². The van der Waals surface area contributed by atoms with E-state index in [1.165, 1.54) is 0 Å². The molecule has 0 amide bonds. The van der Waals surface area contributed by atoms with E-state index in [0.717, 1.165) is 25.7 Å². The highest BCUT2D eigenvalue weighted by Crippen LogP contribution is 2.27. The SMILES string of the molecule is CCCCOC(=O)C(Br)CC(CCC(CC(Br)C(=O)OCCCC)C(=O)OCC)C(=O)OCC. The highest BCUT2D eigenvalue weighted by atomic mass is 79.9. The van der Waals surface area contributed by atoms with Gasteiger partial charge in [-0.3, -0.25) is 19.2 Å². The summed E-state index contributed by atoms with van der Waals surface area (Å²) in [4.78, 5) is 48.2. The van der Waals surface area contributed by atoms with Gasteiger partial charge in [0.25, 0.3) is 0 Å². The highest BCUT2D eigenvalue weighted by Gasteiger charge is 2.32. The molecule has 0 aromatic heterocycles. The summed E-state index contributed by atoms with van der Waals surface area (Å²) in [5, 5.41) is 0. The standard InChI is InChI=1S/C24H40Br2O8/c1-5-9-13-33-23(29)19(25)15-17(21(27)31-7-3)11-12-18(22(28)32-8-4)16-20(26)24(30)34-14-10-6-2/h17-20H,5-16H2,1-4H3. The molecule has 198 valence electrons. The minimum Gasteiger partial charge on any atom is -0.466 e. The number of ether oxygens (including phenoxy) is 4. The summed E-state index contributed by atoms with van der Waals surface area (Å²) in [5.74, 6) is -2.98. The zero-order chi connectivity index (χ0) is 25.9. The molecule has 0 radical (unpaired) electrons. The van der Waals surface area contributed by atoms with Crippen LogP contribution in [0.25, 0.3) is 0 Å². The molecule has 0 rings (SSSR count). The van der Waals surface area contributed by atoms with Gasteiger partial charge in [-0.2, -0.15) is 0 Å². The molecule has 0 saturated heterocycles. The first-order valence-electron chi connectivity index (χ1n) is 12.2. The number of hydrogen-bond donors (Lipinski definition) is 0. The Morgan fingerprint density at radius 1 is 0.588 bits per heavy atom. The third-order valence-electron chi connectivity index (χ3n) is 5.08. The van der Waals surface area contributed by atoms with Crippen LogP contribution in [-0.2, 0) is 38.1 Å². The molecular weight excluding hydrogens is 576 g/mol. The van der Waals surface area contributed by atoms with Crippen molar-refractivity contribution < 1.29 is 38.1 Å². The first-order chi connectivity index (χ1) is 16.2. The summed E-state index contributed by atoms with van der Waals surface area (Å²) in [5.41, 5.74) is 0. The number of unbranched alkanes of at least 4 members (excludes halogenated alkanes) is 2. The lowest BCUT2D eigenvalue weighted by molar-refractivity contribution is -0.153. The molecule has 0 aromatic rings. The fourth-order valence-corrected chi connectivity index (χ4v) is 4.26. The molecule has 0 saturated carbocycles. The Morgan fingerprint density at radius 3 is 1.24 bits per heavy atom. The fourth-order valence-electron chi connectivity index (χ4n) is 3.09. The van der Waals surface area contributed by atoms with Crippen molar-refractivity contribution in [1.29, 1.82) is 0 Å². The minimum atomic E-state index is -0.669. The number of carbonyl (C=O) groups excluding carboxylic acids is 4. The number of hydrogen-bond acceptors (Lipinski definition) is 8. The van der Waals surface area contributed by atoms with E-state index in [1.807, 2.05) is 13.8 Å². The van der Waals surface area contributed by atoms with Crippen molar-refractivity contribution in [1.82, 2.24) is 0 Å². The maximum Gasteiger partial charge on any atom is 0.319 e. The maximum atomic E-state index is 12.6. The number of halogens is 2. The molecule has 4 unspecified atom stereocenters. The van der Waals surface area contributed by atoms with E-state index in [4.69, 9.17) is 18.9 Å². The summed E-state index contributed by atoms with van der Waals surface area (Å²) in [6.07, 6.45) is 4.27. The monoisotopic (exact) mass is 614 g/mol. The molecule has 0 fully saturated rings. The first kappa shape index (κ1) is 32.8. The van der Waals surface area contributed by atoms with Gasteiger partial charge in [-0.05, 0) is 52.4 Å². The van der Waals surface area contributed by atoms with Gasteiger partial charge >= 0.3 is 23.9 Å². The molecule has 0 aliphatic carbocycles. The zero-order valence-electron chi connectivity index (χ0n) is 20.8. The van der Waals surface area contributed by atoms with Gasteiger partial charge in [0.2, 0.25) is 0 Å². The van der Waals surface area contributed by atoms with Gasteiger partial charge in [-0.1, -0.05) is 58.5 Å². The van der Waals surface area contributed by atoms with Crippen LogP contribution in [0.15, 0.2) is 0 Å². The van der Waals surface area contributed by atoms with Crippen molar-refractivity contribution in [2.45, 2.75) is 88.7 Å². The van der Waals surface area contributed by atoms with Gasteiger partial charge in [0.05, 0.1) is 38.3 Å². The Labute approximate surface area is 220 Å². The molecule has 10 heteroatoms. The van der Waals surface area contributed by atoms with Crippen molar-refractivity contribution in [3.63, 3.8) is 0 Å².